The number of furan rings is 1. The van der Waals surface area contributed by atoms with Crippen LogP contribution < -0.4 is 5.32 Å². The molecule has 0 bridgehead atoms. The lowest BCUT2D eigenvalue weighted by Crippen LogP contribution is -2.22. The summed E-state index contributed by atoms with van der Waals surface area (Å²) in [5.74, 6) is 1.18. The molecule has 2 aromatic heterocycles. The van der Waals surface area contributed by atoms with Crippen molar-refractivity contribution in [2.45, 2.75) is 6.54 Å². The number of hydrogen-bond donors (Lipinski definition) is 2. The summed E-state index contributed by atoms with van der Waals surface area (Å²) >= 11 is 0. The van der Waals surface area contributed by atoms with Gasteiger partial charge in [-0.15, -0.1) is 0 Å². The highest BCUT2D eigenvalue weighted by molar-refractivity contribution is 5.91. The average Bonchev–Trinajstić information content (AvgIpc) is 3.17. The molecule has 2 N–H and O–H groups in total. The van der Waals surface area contributed by atoms with E-state index in [2.05, 4.69) is 20.5 Å². The predicted octanol–water partition coefficient (Wildman–Crippen LogP) is 1.99. The molecule has 1 amide bonds. The quantitative estimate of drug-likeness (QED) is 0.758. The molecule has 2 heterocycles. The van der Waals surface area contributed by atoms with E-state index in [1.807, 2.05) is 30.3 Å². The van der Waals surface area contributed by atoms with Gasteiger partial charge in [-0.25, -0.2) is 4.98 Å². The molecule has 0 unspecified atom stereocenters. The fraction of sp³-hybridized carbons (Fsp3) is 0.0714. The van der Waals surface area contributed by atoms with Gasteiger partial charge in [0.05, 0.1) is 12.8 Å². The highest BCUT2D eigenvalue weighted by atomic mass is 16.3. The van der Waals surface area contributed by atoms with Crippen molar-refractivity contribution < 1.29 is 9.21 Å². The first-order chi connectivity index (χ1) is 9.83. The molecular formula is C14H12N4O2. The zero-order valence-corrected chi connectivity index (χ0v) is 10.5. The first-order valence-corrected chi connectivity index (χ1v) is 6.11. The van der Waals surface area contributed by atoms with Crippen molar-refractivity contribution in [2.75, 3.05) is 0 Å². The lowest BCUT2D eigenvalue weighted by molar-refractivity contribution is 0.0922. The molecule has 6 heteroatoms. The number of nitrogens with one attached hydrogen (secondary N) is 2. The highest BCUT2D eigenvalue weighted by Crippen LogP contribution is 2.13. The van der Waals surface area contributed by atoms with E-state index in [4.69, 9.17) is 4.42 Å². The van der Waals surface area contributed by atoms with Gasteiger partial charge in [0.15, 0.2) is 11.6 Å². The van der Waals surface area contributed by atoms with Crippen molar-refractivity contribution in [1.29, 1.82) is 0 Å². The number of carbonyl (C=O) groups excluding carboxylic acids is 1. The molecule has 6 nitrogen and oxygen atoms in total. The summed E-state index contributed by atoms with van der Waals surface area (Å²) in [5, 5.41) is 9.61. The predicted molar refractivity (Wildman–Crippen MR) is 71.7 cm³/mol. The minimum Gasteiger partial charge on any atom is -0.459 e. The minimum absolute atomic E-state index is 0.263. The third-order valence-corrected chi connectivity index (χ3v) is 2.73. The number of H-pyrrole nitrogens is 1. The summed E-state index contributed by atoms with van der Waals surface area (Å²) in [6.07, 6.45) is 1.46. The Morgan fingerprint density at radius 3 is 2.80 bits per heavy atom. The van der Waals surface area contributed by atoms with Crippen LogP contribution in [0.5, 0.6) is 0 Å². The summed E-state index contributed by atoms with van der Waals surface area (Å²) in [7, 11) is 0. The maximum atomic E-state index is 11.7. The Bertz CT molecular complexity index is 689. The number of aromatic nitrogens is 3. The molecule has 0 radical (unpaired) electrons. The molecule has 0 spiro atoms. The van der Waals surface area contributed by atoms with Gasteiger partial charge in [-0.2, -0.15) is 5.10 Å². The number of carbonyl (C=O) groups is 1. The summed E-state index contributed by atoms with van der Waals surface area (Å²) < 4.78 is 5.00. The smallest absolute Gasteiger partial charge is 0.287 e. The van der Waals surface area contributed by atoms with Crippen LogP contribution in [0, 0.1) is 0 Å². The molecule has 1 aromatic carbocycles. The number of benzene rings is 1. The largest absolute Gasteiger partial charge is 0.459 e. The number of aromatic amines is 1. The monoisotopic (exact) mass is 268 g/mol. The van der Waals surface area contributed by atoms with Crippen molar-refractivity contribution in [3.8, 4) is 11.4 Å². The molecule has 0 fully saturated rings. The molecule has 0 saturated carbocycles. The summed E-state index contributed by atoms with van der Waals surface area (Å²) in [5.41, 5.74) is 0.923. The van der Waals surface area contributed by atoms with Crippen LogP contribution in [0.4, 0.5) is 0 Å². The Labute approximate surface area is 114 Å². The molecule has 0 aliphatic carbocycles. The maximum absolute atomic E-state index is 11.7. The maximum Gasteiger partial charge on any atom is 0.287 e. The van der Waals surface area contributed by atoms with Gasteiger partial charge < -0.3 is 9.73 Å². The second-order valence-electron chi connectivity index (χ2n) is 4.13. The van der Waals surface area contributed by atoms with Crippen LogP contribution in [0.2, 0.25) is 0 Å². The number of hydrogen-bond acceptors (Lipinski definition) is 4. The van der Waals surface area contributed by atoms with Crippen molar-refractivity contribution in [2.24, 2.45) is 0 Å². The first kappa shape index (κ1) is 12.2. The van der Waals surface area contributed by atoms with Gasteiger partial charge in [-0.1, -0.05) is 30.3 Å². The van der Waals surface area contributed by atoms with Crippen LogP contribution in [0.3, 0.4) is 0 Å². The third kappa shape index (κ3) is 2.59. The number of nitrogens with zero attached hydrogens (tertiary/aromatic N) is 2. The normalized spacial score (nSPS) is 10.4. The second kappa shape index (κ2) is 5.40. The van der Waals surface area contributed by atoms with Crippen LogP contribution >= 0.6 is 0 Å². The Kier molecular flexibility index (Phi) is 3.28. The Balaban J connectivity index is 1.65. The van der Waals surface area contributed by atoms with Gasteiger partial charge in [0.25, 0.3) is 5.91 Å². The molecule has 3 aromatic rings. The number of rotatable bonds is 4. The van der Waals surface area contributed by atoms with Gasteiger partial charge in [-0.05, 0) is 12.1 Å². The van der Waals surface area contributed by atoms with Gasteiger partial charge in [0.1, 0.15) is 5.82 Å². The fourth-order valence-electron chi connectivity index (χ4n) is 1.75. The summed E-state index contributed by atoms with van der Waals surface area (Å²) in [6, 6.07) is 12.9. The molecule has 0 aliphatic rings. The van der Waals surface area contributed by atoms with Gasteiger partial charge in [-0.3, -0.25) is 9.89 Å². The van der Waals surface area contributed by atoms with Crippen LogP contribution in [0.1, 0.15) is 16.4 Å². The highest BCUT2D eigenvalue weighted by Gasteiger charge is 2.10. The first-order valence-electron chi connectivity index (χ1n) is 6.11. The van der Waals surface area contributed by atoms with E-state index in [0.717, 1.165) is 5.56 Å². The molecular weight excluding hydrogens is 256 g/mol. The Morgan fingerprint density at radius 2 is 2.05 bits per heavy atom. The lowest BCUT2D eigenvalue weighted by atomic mass is 10.2. The second-order valence-corrected chi connectivity index (χ2v) is 4.13. The average molecular weight is 268 g/mol. The Morgan fingerprint density at radius 1 is 1.20 bits per heavy atom. The molecule has 20 heavy (non-hydrogen) atoms. The van der Waals surface area contributed by atoms with Crippen LogP contribution in [-0.2, 0) is 6.54 Å². The van der Waals surface area contributed by atoms with Gasteiger partial charge in [0, 0.05) is 5.56 Å². The van der Waals surface area contributed by atoms with E-state index in [1.165, 1.54) is 6.26 Å². The van der Waals surface area contributed by atoms with Crippen molar-refractivity contribution in [3.63, 3.8) is 0 Å². The van der Waals surface area contributed by atoms with Crippen molar-refractivity contribution >= 4 is 5.91 Å². The van der Waals surface area contributed by atoms with E-state index in [0.29, 0.717) is 11.6 Å². The lowest BCUT2D eigenvalue weighted by Gasteiger charge is -1.99. The molecule has 0 atom stereocenters. The van der Waals surface area contributed by atoms with Crippen molar-refractivity contribution in [1.82, 2.24) is 20.5 Å². The molecule has 0 aliphatic heterocycles. The van der Waals surface area contributed by atoms with E-state index in [9.17, 15) is 4.79 Å². The van der Waals surface area contributed by atoms with Crippen LogP contribution in [0.15, 0.2) is 53.1 Å². The zero-order valence-electron chi connectivity index (χ0n) is 10.5. The summed E-state index contributed by atoms with van der Waals surface area (Å²) in [4.78, 5) is 16.0. The number of amides is 1. The molecule has 3 rings (SSSR count). The molecule has 100 valence electrons. The van der Waals surface area contributed by atoms with Gasteiger partial charge in [0.2, 0.25) is 0 Å². The minimum atomic E-state index is -0.285. The Hall–Kier alpha value is -2.89. The molecule has 0 saturated heterocycles. The van der Waals surface area contributed by atoms with E-state index >= 15 is 0 Å². The summed E-state index contributed by atoms with van der Waals surface area (Å²) in [6.45, 7) is 0.263. The van der Waals surface area contributed by atoms with Gasteiger partial charge >= 0.3 is 0 Å². The zero-order chi connectivity index (χ0) is 13.8. The third-order valence-electron chi connectivity index (χ3n) is 2.73. The van der Waals surface area contributed by atoms with Crippen LogP contribution in [0.25, 0.3) is 11.4 Å². The standard InChI is InChI=1S/C14H12N4O2/c19-14(11-7-4-8-20-11)15-9-12-16-13(18-17-12)10-5-2-1-3-6-10/h1-8H,9H2,(H,15,19)(H,16,17,18). The SMILES string of the molecule is O=C(NCc1nc(-c2ccccc2)n[nH]1)c1ccco1. The van der Waals surface area contributed by atoms with Crippen LogP contribution in [-0.4, -0.2) is 21.1 Å². The van der Waals surface area contributed by atoms with E-state index in [-0.39, 0.29) is 18.2 Å². The van der Waals surface area contributed by atoms with Crippen molar-refractivity contribution in [3.05, 3.63) is 60.3 Å². The van der Waals surface area contributed by atoms with E-state index < -0.39 is 0 Å². The topological polar surface area (TPSA) is 83.8 Å². The van der Waals surface area contributed by atoms with E-state index in [1.54, 1.807) is 12.1 Å². The fourth-order valence-corrected chi connectivity index (χ4v) is 1.75.